The molecule has 2 N–H and O–H groups in total. The average molecular weight is 768 g/mol. The minimum atomic E-state index is -3.72. The van der Waals surface area contributed by atoms with Crippen molar-refractivity contribution >= 4 is 27.5 Å². The molecule has 2 aromatic rings. The number of sulfone groups is 1. The van der Waals surface area contributed by atoms with Gasteiger partial charge >= 0.3 is 5.97 Å². The third kappa shape index (κ3) is 21.7. The van der Waals surface area contributed by atoms with E-state index < -0.39 is 27.3 Å². The highest BCUT2D eigenvalue weighted by Crippen LogP contribution is 2.17. The number of amides is 1. The molecular weight excluding hydrogens is 714 g/mol. The van der Waals surface area contributed by atoms with Crippen molar-refractivity contribution in [3.05, 3.63) is 77.4 Å². The smallest absolute Gasteiger partial charge is 0.305 e. The number of hydrogen-bond acceptors (Lipinski definition) is 13. The molecule has 0 radical (unpaired) electrons. The molecular formula is C37H53NO14S. The van der Waals surface area contributed by atoms with E-state index in [0.29, 0.717) is 98.1 Å². The zero-order valence-electron chi connectivity index (χ0n) is 30.4. The highest BCUT2D eigenvalue weighted by Gasteiger charge is 2.21. The SMILES string of the molecule is C=C(CS(=O)(=O)c1ccc(C)cc1)C(=O)c1ccc(C(=O)NCCOCCOCCOCCOCCOCCOCCOCCOCCC(=O)O)cc1. The first-order valence-electron chi connectivity index (χ1n) is 17.3. The van der Waals surface area contributed by atoms with Crippen LogP contribution < -0.4 is 5.32 Å². The molecule has 0 saturated carbocycles. The maximum Gasteiger partial charge on any atom is 0.305 e. The monoisotopic (exact) mass is 767 g/mol. The second kappa shape index (κ2) is 27.9. The number of Topliss-reactive ketones (excluding diaryl/α,β-unsaturated/α-hetero) is 1. The number of carboxylic acids is 1. The number of ether oxygens (including phenoxy) is 8. The van der Waals surface area contributed by atoms with Gasteiger partial charge in [-0.25, -0.2) is 8.42 Å². The number of carbonyl (C=O) groups excluding carboxylic acids is 2. The minimum absolute atomic E-state index is 0.0186. The molecule has 1 amide bonds. The van der Waals surface area contributed by atoms with Crippen molar-refractivity contribution in [3.8, 4) is 0 Å². The zero-order valence-corrected chi connectivity index (χ0v) is 31.2. The summed E-state index contributed by atoms with van der Waals surface area (Å²) in [6.07, 6.45) is -0.0186. The number of aryl methyl sites for hydroxylation is 1. The second-order valence-electron chi connectivity index (χ2n) is 11.4. The van der Waals surface area contributed by atoms with Crippen molar-refractivity contribution in [2.24, 2.45) is 0 Å². The van der Waals surface area contributed by atoms with Gasteiger partial charge < -0.3 is 48.3 Å². The summed E-state index contributed by atoms with van der Waals surface area (Å²) in [6, 6.07) is 12.3. The number of ketones is 1. The van der Waals surface area contributed by atoms with Crippen LogP contribution >= 0.6 is 0 Å². The van der Waals surface area contributed by atoms with Crippen LogP contribution in [0.15, 0.2) is 65.6 Å². The number of carboxylic acid groups (broad SMARTS) is 1. The van der Waals surface area contributed by atoms with Crippen molar-refractivity contribution in [1.29, 1.82) is 0 Å². The molecule has 0 aliphatic heterocycles. The van der Waals surface area contributed by atoms with Gasteiger partial charge in [-0.2, -0.15) is 0 Å². The van der Waals surface area contributed by atoms with E-state index in [1.807, 2.05) is 6.92 Å². The number of rotatable bonds is 33. The summed E-state index contributed by atoms with van der Waals surface area (Å²) in [5.41, 5.74) is 1.46. The summed E-state index contributed by atoms with van der Waals surface area (Å²) in [5, 5.41) is 11.2. The van der Waals surface area contributed by atoms with Gasteiger partial charge in [0.1, 0.15) is 0 Å². The maximum absolute atomic E-state index is 12.8. The third-order valence-electron chi connectivity index (χ3n) is 7.07. The van der Waals surface area contributed by atoms with Crippen molar-refractivity contribution in [2.75, 3.05) is 118 Å². The van der Waals surface area contributed by atoms with Crippen LogP contribution in [0.2, 0.25) is 0 Å². The Balaban J connectivity index is 1.36. The fourth-order valence-corrected chi connectivity index (χ4v) is 5.55. The maximum atomic E-state index is 12.8. The second-order valence-corrected chi connectivity index (χ2v) is 13.4. The Bertz CT molecular complexity index is 1450. The Morgan fingerprint density at radius 3 is 1.38 bits per heavy atom. The first kappa shape index (κ1) is 45.6. The predicted octanol–water partition coefficient (Wildman–Crippen LogP) is 2.55. The average Bonchev–Trinajstić information content (AvgIpc) is 3.14. The normalized spacial score (nSPS) is 11.4. The number of aliphatic carboxylic acids is 1. The topological polar surface area (TPSA) is 191 Å². The largest absolute Gasteiger partial charge is 0.481 e. The molecule has 0 aliphatic rings. The van der Waals surface area contributed by atoms with Crippen molar-refractivity contribution < 1.29 is 65.8 Å². The predicted molar refractivity (Wildman–Crippen MR) is 194 cm³/mol. The zero-order chi connectivity index (χ0) is 38.6. The fraction of sp³-hybridized carbons (Fsp3) is 0.541. The van der Waals surface area contributed by atoms with Gasteiger partial charge in [0.05, 0.1) is 123 Å². The van der Waals surface area contributed by atoms with E-state index in [2.05, 4.69) is 11.9 Å². The van der Waals surface area contributed by atoms with Gasteiger partial charge in [-0.15, -0.1) is 0 Å². The Hall–Kier alpha value is -3.58. The fourth-order valence-electron chi connectivity index (χ4n) is 4.24. The molecule has 0 atom stereocenters. The number of hydrogen-bond donors (Lipinski definition) is 2. The van der Waals surface area contributed by atoms with Crippen LogP contribution in [0.4, 0.5) is 0 Å². The van der Waals surface area contributed by atoms with Gasteiger partial charge in [0.15, 0.2) is 15.6 Å². The number of nitrogens with one attached hydrogen (secondary N) is 1. The molecule has 0 spiro atoms. The van der Waals surface area contributed by atoms with Crippen molar-refractivity contribution in [2.45, 2.75) is 18.2 Å². The molecule has 0 heterocycles. The summed E-state index contributed by atoms with van der Waals surface area (Å²) >= 11 is 0. The van der Waals surface area contributed by atoms with Crippen LogP contribution in [0.25, 0.3) is 0 Å². The summed E-state index contributed by atoms with van der Waals surface area (Å²) in [4.78, 5) is 35.7. The van der Waals surface area contributed by atoms with Crippen LogP contribution in [-0.4, -0.2) is 149 Å². The lowest BCUT2D eigenvalue weighted by molar-refractivity contribution is -0.138. The van der Waals surface area contributed by atoms with Crippen molar-refractivity contribution in [1.82, 2.24) is 5.32 Å². The molecule has 0 aliphatic carbocycles. The standard InChI is InChI=1S/C37H53NO14S/c1-30-3-9-34(10-4-30)53(43,44)29-31(2)36(41)32-5-7-33(8-6-32)37(42)38-12-14-46-16-18-48-20-22-50-24-26-52-28-27-51-25-23-49-21-19-47-17-15-45-13-11-35(39)40/h3-10H,2,11-29H2,1H3,(H,38,42)(H,39,40). The van der Waals surface area contributed by atoms with E-state index in [4.69, 9.17) is 43.0 Å². The van der Waals surface area contributed by atoms with E-state index in [1.54, 1.807) is 12.1 Å². The van der Waals surface area contributed by atoms with E-state index in [0.717, 1.165) is 5.56 Å². The highest BCUT2D eigenvalue weighted by atomic mass is 32.2. The molecule has 0 fully saturated rings. The minimum Gasteiger partial charge on any atom is -0.481 e. The third-order valence-corrected chi connectivity index (χ3v) is 8.79. The van der Waals surface area contributed by atoms with Gasteiger partial charge in [0.25, 0.3) is 5.91 Å². The summed E-state index contributed by atoms with van der Waals surface area (Å²) in [5.74, 6) is -2.22. The van der Waals surface area contributed by atoms with Crippen LogP contribution in [-0.2, 0) is 52.5 Å². The molecule has 16 heteroatoms. The molecule has 0 saturated heterocycles. The van der Waals surface area contributed by atoms with E-state index in [1.165, 1.54) is 36.4 Å². The van der Waals surface area contributed by atoms with Crippen LogP contribution in [0, 0.1) is 6.92 Å². The Morgan fingerprint density at radius 2 is 0.962 bits per heavy atom. The van der Waals surface area contributed by atoms with Crippen LogP contribution in [0.5, 0.6) is 0 Å². The molecule has 2 aromatic carbocycles. The Kier molecular flexibility index (Phi) is 24.0. The van der Waals surface area contributed by atoms with Gasteiger partial charge in [0, 0.05) is 23.2 Å². The molecule has 0 unspecified atom stereocenters. The van der Waals surface area contributed by atoms with E-state index in [9.17, 15) is 22.8 Å². The van der Waals surface area contributed by atoms with E-state index in [-0.39, 0.29) is 48.1 Å². The molecule has 53 heavy (non-hydrogen) atoms. The first-order valence-corrected chi connectivity index (χ1v) is 19.0. The molecule has 2 rings (SSSR count). The first-order chi connectivity index (χ1) is 25.6. The summed E-state index contributed by atoms with van der Waals surface area (Å²) < 4.78 is 68.4. The van der Waals surface area contributed by atoms with Crippen LogP contribution in [0.3, 0.4) is 0 Å². The van der Waals surface area contributed by atoms with Gasteiger partial charge in [-0.3, -0.25) is 14.4 Å². The lowest BCUT2D eigenvalue weighted by Crippen LogP contribution is -2.27. The van der Waals surface area contributed by atoms with E-state index >= 15 is 0 Å². The molecule has 15 nitrogen and oxygen atoms in total. The quantitative estimate of drug-likeness (QED) is 0.0612. The Morgan fingerprint density at radius 1 is 0.585 bits per heavy atom. The highest BCUT2D eigenvalue weighted by molar-refractivity contribution is 7.91. The lowest BCUT2D eigenvalue weighted by Gasteiger charge is -2.09. The summed E-state index contributed by atoms with van der Waals surface area (Å²) in [7, 11) is -3.72. The lowest BCUT2D eigenvalue weighted by atomic mass is 10.0. The van der Waals surface area contributed by atoms with Crippen molar-refractivity contribution in [3.63, 3.8) is 0 Å². The molecule has 0 bridgehead atoms. The molecule has 296 valence electrons. The van der Waals surface area contributed by atoms with Gasteiger partial charge in [-0.05, 0) is 31.2 Å². The van der Waals surface area contributed by atoms with Gasteiger partial charge in [0.2, 0.25) is 0 Å². The number of carbonyl (C=O) groups is 3. The summed E-state index contributed by atoms with van der Waals surface area (Å²) in [6.45, 7) is 12.1. The Labute approximate surface area is 311 Å². The van der Waals surface area contributed by atoms with Crippen LogP contribution in [0.1, 0.15) is 32.7 Å². The molecule has 0 aromatic heterocycles. The van der Waals surface area contributed by atoms with Gasteiger partial charge in [-0.1, -0.05) is 36.4 Å². The number of benzene rings is 2.